The van der Waals surface area contributed by atoms with Crippen LogP contribution in [0.3, 0.4) is 0 Å². The van der Waals surface area contributed by atoms with Crippen LogP contribution in [0.2, 0.25) is 0 Å². The molecule has 0 unspecified atom stereocenters. The molecule has 0 spiro atoms. The summed E-state index contributed by atoms with van der Waals surface area (Å²) >= 11 is 0. The van der Waals surface area contributed by atoms with Crippen molar-refractivity contribution in [2.24, 2.45) is 0 Å². The lowest BCUT2D eigenvalue weighted by Crippen LogP contribution is -2.23. The molecule has 6 heteroatoms. The first-order valence-corrected chi connectivity index (χ1v) is 8.03. The van der Waals surface area contributed by atoms with Gasteiger partial charge in [0.15, 0.2) is 5.65 Å². The molecule has 1 aliphatic heterocycles. The van der Waals surface area contributed by atoms with Crippen molar-refractivity contribution < 1.29 is 0 Å². The largest absolute Gasteiger partial charge is 0.290 e. The first kappa shape index (κ1) is 14.3. The molecule has 3 aromatic heterocycles. The topological polar surface area (TPSA) is 59.2 Å². The van der Waals surface area contributed by atoms with E-state index in [9.17, 15) is 0 Å². The summed E-state index contributed by atoms with van der Waals surface area (Å²) in [7, 11) is 0. The summed E-state index contributed by atoms with van der Waals surface area (Å²) in [5.74, 6) is 0. The molecule has 0 radical (unpaired) electrons. The van der Waals surface area contributed by atoms with E-state index in [1.807, 2.05) is 29.9 Å². The maximum Gasteiger partial charge on any atom is 0.159 e. The maximum absolute atomic E-state index is 4.68. The summed E-state index contributed by atoms with van der Waals surface area (Å²) < 4.78 is 1.93. The Balaban J connectivity index is 1.65. The predicted octanol–water partition coefficient (Wildman–Crippen LogP) is 2.47. The molecule has 0 bridgehead atoms. The summed E-state index contributed by atoms with van der Waals surface area (Å²) in [5, 5.41) is 4.50. The molecule has 0 N–H and O–H groups in total. The first-order chi connectivity index (χ1) is 11.2. The summed E-state index contributed by atoms with van der Waals surface area (Å²) in [5.41, 5.74) is 5.40. The van der Waals surface area contributed by atoms with Crippen LogP contribution in [0, 0.1) is 13.8 Å². The fourth-order valence-corrected chi connectivity index (χ4v) is 3.49. The molecule has 118 valence electrons. The second kappa shape index (κ2) is 5.70. The first-order valence-electron chi connectivity index (χ1n) is 8.03. The van der Waals surface area contributed by atoms with Crippen molar-refractivity contribution in [2.75, 3.05) is 6.54 Å². The molecule has 1 aliphatic rings. The molecule has 0 aromatic carbocycles. The van der Waals surface area contributed by atoms with Crippen molar-refractivity contribution in [1.82, 2.24) is 29.5 Å². The monoisotopic (exact) mass is 308 g/mol. The van der Waals surface area contributed by atoms with Crippen LogP contribution in [-0.2, 0) is 6.54 Å². The third kappa shape index (κ3) is 2.59. The lowest BCUT2D eigenvalue weighted by Gasteiger charge is -2.23. The van der Waals surface area contributed by atoms with Gasteiger partial charge in [0, 0.05) is 29.7 Å². The van der Waals surface area contributed by atoms with E-state index in [0.29, 0.717) is 6.04 Å². The second-order valence-electron chi connectivity index (χ2n) is 6.21. The molecule has 0 aliphatic carbocycles. The van der Waals surface area contributed by atoms with E-state index in [1.54, 1.807) is 6.33 Å². The van der Waals surface area contributed by atoms with Crippen LogP contribution in [0.15, 0.2) is 30.9 Å². The second-order valence-corrected chi connectivity index (χ2v) is 6.21. The Kier molecular flexibility index (Phi) is 3.53. The number of rotatable bonds is 3. The Morgan fingerprint density at radius 3 is 3.04 bits per heavy atom. The van der Waals surface area contributed by atoms with Gasteiger partial charge in [0.2, 0.25) is 0 Å². The molecule has 0 amide bonds. The van der Waals surface area contributed by atoms with Crippen LogP contribution >= 0.6 is 0 Å². The summed E-state index contributed by atoms with van der Waals surface area (Å²) in [6.07, 6.45) is 7.74. The molecular formula is C17H20N6. The van der Waals surface area contributed by atoms with Crippen LogP contribution in [0.1, 0.15) is 41.5 Å². The zero-order valence-electron chi connectivity index (χ0n) is 13.5. The van der Waals surface area contributed by atoms with Gasteiger partial charge < -0.3 is 0 Å². The SMILES string of the molecule is Cc1cc(C)n2ncc(CN3CCC[C@H]3c3ccncn3)c2n1. The Bertz CT molecular complexity index is 826. The molecule has 1 saturated heterocycles. The van der Waals surface area contributed by atoms with Gasteiger partial charge in [-0.15, -0.1) is 0 Å². The molecule has 4 rings (SSSR count). The number of hydrogen-bond donors (Lipinski definition) is 0. The van der Waals surface area contributed by atoms with E-state index in [0.717, 1.165) is 42.2 Å². The Labute approximate surface area is 135 Å². The van der Waals surface area contributed by atoms with Crippen molar-refractivity contribution in [3.8, 4) is 0 Å². The lowest BCUT2D eigenvalue weighted by atomic mass is 10.1. The van der Waals surface area contributed by atoms with Crippen molar-refractivity contribution in [3.05, 3.63) is 53.5 Å². The van der Waals surface area contributed by atoms with Gasteiger partial charge in [-0.3, -0.25) is 4.90 Å². The van der Waals surface area contributed by atoms with Crippen LogP contribution in [-0.4, -0.2) is 36.0 Å². The minimum absolute atomic E-state index is 0.360. The lowest BCUT2D eigenvalue weighted by molar-refractivity contribution is 0.245. The Morgan fingerprint density at radius 2 is 2.22 bits per heavy atom. The van der Waals surface area contributed by atoms with Crippen LogP contribution in [0.25, 0.3) is 5.65 Å². The average molecular weight is 308 g/mol. The van der Waals surface area contributed by atoms with E-state index in [2.05, 4.69) is 37.9 Å². The van der Waals surface area contributed by atoms with E-state index >= 15 is 0 Å². The van der Waals surface area contributed by atoms with E-state index < -0.39 is 0 Å². The molecule has 4 heterocycles. The van der Waals surface area contributed by atoms with Crippen LogP contribution in [0.4, 0.5) is 0 Å². The normalized spacial score (nSPS) is 18.8. The number of likely N-dealkylation sites (tertiary alicyclic amines) is 1. The number of aromatic nitrogens is 5. The van der Waals surface area contributed by atoms with Gasteiger partial charge in [-0.1, -0.05) is 0 Å². The summed E-state index contributed by atoms with van der Waals surface area (Å²) in [6, 6.07) is 4.44. The molecule has 1 fully saturated rings. The highest BCUT2D eigenvalue weighted by molar-refractivity contribution is 5.48. The van der Waals surface area contributed by atoms with Crippen molar-refractivity contribution >= 4 is 5.65 Å². The smallest absolute Gasteiger partial charge is 0.159 e. The highest BCUT2D eigenvalue weighted by Gasteiger charge is 2.28. The average Bonchev–Trinajstić information content (AvgIpc) is 3.16. The Hall–Kier alpha value is -2.34. The minimum Gasteiger partial charge on any atom is -0.290 e. The van der Waals surface area contributed by atoms with Gasteiger partial charge >= 0.3 is 0 Å². The van der Waals surface area contributed by atoms with Gasteiger partial charge in [-0.2, -0.15) is 5.10 Å². The maximum atomic E-state index is 4.68. The summed E-state index contributed by atoms with van der Waals surface area (Å²) in [4.78, 5) is 15.6. The van der Waals surface area contributed by atoms with Gasteiger partial charge in [0.1, 0.15) is 6.33 Å². The number of aryl methyl sites for hydroxylation is 2. The molecule has 1 atom stereocenters. The molecular weight excluding hydrogens is 288 g/mol. The standard InChI is InChI=1S/C17H20N6/c1-12-8-13(2)23-17(21-12)14(9-20-23)10-22-7-3-4-16(22)15-5-6-18-11-19-15/h5-6,8-9,11,16H,3-4,7,10H2,1-2H3/t16-/m0/s1. The van der Waals surface area contributed by atoms with E-state index in [1.165, 1.54) is 12.0 Å². The molecule has 3 aromatic rings. The number of fused-ring (bicyclic) bond motifs is 1. The van der Waals surface area contributed by atoms with E-state index in [4.69, 9.17) is 0 Å². The van der Waals surface area contributed by atoms with Gasteiger partial charge in [0.05, 0.1) is 17.9 Å². The fraction of sp³-hybridized carbons (Fsp3) is 0.412. The van der Waals surface area contributed by atoms with Crippen molar-refractivity contribution in [2.45, 2.75) is 39.3 Å². The molecule has 23 heavy (non-hydrogen) atoms. The molecule has 6 nitrogen and oxygen atoms in total. The quantitative estimate of drug-likeness (QED) is 0.744. The highest BCUT2D eigenvalue weighted by Crippen LogP contribution is 2.32. The number of nitrogens with zero attached hydrogens (tertiary/aromatic N) is 6. The highest BCUT2D eigenvalue weighted by atomic mass is 15.3. The number of hydrogen-bond acceptors (Lipinski definition) is 5. The van der Waals surface area contributed by atoms with Crippen LogP contribution in [0.5, 0.6) is 0 Å². The van der Waals surface area contributed by atoms with E-state index in [-0.39, 0.29) is 0 Å². The molecule has 0 saturated carbocycles. The summed E-state index contributed by atoms with van der Waals surface area (Å²) in [6.45, 7) is 6.03. The third-order valence-electron chi connectivity index (χ3n) is 4.53. The zero-order valence-corrected chi connectivity index (χ0v) is 13.5. The third-order valence-corrected chi connectivity index (χ3v) is 4.53. The fourth-order valence-electron chi connectivity index (χ4n) is 3.49. The van der Waals surface area contributed by atoms with Gasteiger partial charge in [0.25, 0.3) is 0 Å². The van der Waals surface area contributed by atoms with Crippen molar-refractivity contribution in [3.63, 3.8) is 0 Å². The van der Waals surface area contributed by atoms with Gasteiger partial charge in [-0.05, 0) is 45.4 Å². The van der Waals surface area contributed by atoms with Gasteiger partial charge in [-0.25, -0.2) is 19.5 Å². The Morgan fingerprint density at radius 1 is 1.30 bits per heavy atom. The predicted molar refractivity (Wildman–Crippen MR) is 86.9 cm³/mol. The van der Waals surface area contributed by atoms with Crippen LogP contribution < -0.4 is 0 Å². The minimum atomic E-state index is 0.360. The zero-order chi connectivity index (χ0) is 15.8. The van der Waals surface area contributed by atoms with Crippen molar-refractivity contribution in [1.29, 1.82) is 0 Å².